The van der Waals surface area contributed by atoms with Crippen LogP contribution in [0.1, 0.15) is 40.5 Å². The lowest BCUT2D eigenvalue weighted by Gasteiger charge is -2.39. The largest absolute Gasteiger partial charge is 0.464 e. The van der Waals surface area contributed by atoms with E-state index in [-0.39, 0.29) is 19.1 Å². The van der Waals surface area contributed by atoms with E-state index in [4.69, 9.17) is 9.47 Å². The molecule has 0 radical (unpaired) electrons. The van der Waals surface area contributed by atoms with Crippen LogP contribution in [0.3, 0.4) is 0 Å². The molecule has 108 valence electrons. The first kappa shape index (κ1) is 15.7. The summed E-state index contributed by atoms with van der Waals surface area (Å²) in [7, 11) is 0. The molecule has 0 saturated carbocycles. The van der Waals surface area contributed by atoms with Crippen molar-refractivity contribution in [2.24, 2.45) is 0 Å². The third kappa shape index (κ3) is 2.81. The van der Waals surface area contributed by atoms with Gasteiger partial charge in [0.2, 0.25) is 5.91 Å². The minimum Gasteiger partial charge on any atom is -0.464 e. The van der Waals surface area contributed by atoms with Crippen molar-refractivity contribution in [3.8, 4) is 0 Å². The molecule has 1 saturated heterocycles. The zero-order valence-electron chi connectivity index (χ0n) is 12.2. The third-order valence-corrected chi connectivity index (χ3v) is 3.36. The summed E-state index contributed by atoms with van der Waals surface area (Å²) < 4.78 is 10.8. The molecule has 0 spiro atoms. The molecule has 0 aromatic rings. The van der Waals surface area contributed by atoms with Crippen LogP contribution in [-0.2, 0) is 19.1 Å². The molecule has 1 fully saturated rings. The van der Waals surface area contributed by atoms with Crippen LogP contribution in [0.2, 0.25) is 0 Å². The number of nitrogens with zero attached hydrogens (tertiary/aromatic N) is 1. The van der Waals surface area contributed by atoms with Gasteiger partial charge in [0.1, 0.15) is 5.72 Å². The fourth-order valence-electron chi connectivity index (χ4n) is 2.66. The summed E-state index contributed by atoms with van der Waals surface area (Å²) in [5.41, 5.74) is -1.85. The van der Waals surface area contributed by atoms with Crippen molar-refractivity contribution < 1.29 is 19.1 Å². The van der Waals surface area contributed by atoms with Crippen molar-refractivity contribution in [1.29, 1.82) is 0 Å². The molecule has 1 aliphatic heterocycles. The predicted molar refractivity (Wildman–Crippen MR) is 71.3 cm³/mol. The Hall–Kier alpha value is -1.36. The van der Waals surface area contributed by atoms with Crippen molar-refractivity contribution in [3.05, 3.63) is 12.7 Å². The quantitative estimate of drug-likeness (QED) is 0.565. The number of carbonyl (C=O) groups is 2. The molecule has 1 atom stereocenters. The Labute approximate surface area is 114 Å². The fourth-order valence-corrected chi connectivity index (χ4v) is 2.66. The molecule has 0 bridgehead atoms. The van der Waals surface area contributed by atoms with Gasteiger partial charge in [0, 0.05) is 6.92 Å². The number of amides is 1. The van der Waals surface area contributed by atoms with E-state index in [2.05, 4.69) is 6.58 Å². The lowest BCUT2D eigenvalue weighted by molar-refractivity contribution is -0.166. The van der Waals surface area contributed by atoms with E-state index < -0.39 is 17.2 Å². The van der Waals surface area contributed by atoms with E-state index in [0.717, 1.165) is 0 Å². The second-order valence-electron chi connectivity index (χ2n) is 5.17. The number of carbonyl (C=O) groups excluding carboxylic acids is 2. The number of rotatable bonds is 5. The zero-order chi connectivity index (χ0) is 14.7. The molecule has 0 aliphatic carbocycles. The number of ether oxygens (including phenoxy) is 2. The predicted octanol–water partition coefficient (Wildman–Crippen LogP) is 1.87. The summed E-state index contributed by atoms with van der Waals surface area (Å²) in [5, 5.41) is 0. The van der Waals surface area contributed by atoms with Gasteiger partial charge in [-0.2, -0.15) is 0 Å². The SMILES string of the molecule is C=CCCC1(C(=O)OCC)COC(C)(C)N1C(C)=O. The Balaban J connectivity index is 3.18. The summed E-state index contributed by atoms with van der Waals surface area (Å²) in [6.45, 7) is 10.9. The van der Waals surface area contributed by atoms with Gasteiger partial charge in [-0.3, -0.25) is 9.69 Å². The first-order valence-electron chi connectivity index (χ1n) is 6.55. The molecule has 1 amide bonds. The van der Waals surface area contributed by atoms with E-state index >= 15 is 0 Å². The molecule has 5 heteroatoms. The monoisotopic (exact) mass is 269 g/mol. The molecule has 0 aromatic heterocycles. The van der Waals surface area contributed by atoms with Gasteiger partial charge in [0.05, 0.1) is 13.2 Å². The van der Waals surface area contributed by atoms with Crippen LogP contribution in [-0.4, -0.2) is 41.3 Å². The molecule has 0 N–H and O–H groups in total. The maximum absolute atomic E-state index is 12.3. The van der Waals surface area contributed by atoms with Crippen molar-refractivity contribution in [2.75, 3.05) is 13.2 Å². The van der Waals surface area contributed by atoms with Gasteiger partial charge < -0.3 is 9.47 Å². The highest BCUT2D eigenvalue weighted by Gasteiger charge is 2.58. The van der Waals surface area contributed by atoms with Gasteiger partial charge in [-0.05, 0) is 33.6 Å². The number of esters is 1. The van der Waals surface area contributed by atoms with Crippen molar-refractivity contribution in [3.63, 3.8) is 0 Å². The highest BCUT2D eigenvalue weighted by Crippen LogP contribution is 2.39. The summed E-state index contributed by atoms with van der Waals surface area (Å²) in [6, 6.07) is 0. The average Bonchev–Trinajstić information content (AvgIpc) is 2.59. The van der Waals surface area contributed by atoms with Crippen LogP contribution in [0, 0.1) is 0 Å². The molecule has 1 aliphatic rings. The highest BCUT2D eigenvalue weighted by molar-refractivity contribution is 5.88. The molecule has 5 nitrogen and oxygen atoms in total. The molecule has 1 unspecified atom stereocenters. The number of hydrogen-bond acceptors (Lipinski definition) is 4. The van der Waals surface area contributed by atoms with Crippen LogP contribution in [0.5, 0.6) is 0 Å². The van der Waals surface area contributed by atoms with Gasteiger partial charge >= 0.3 is 5.97 Å². The van der Waals surface area contributed by atoms with Crippen molar-refractivity contribution in [2.45, 2.75) is 51.8 Å². The topological polar surface area (TPSA) is 55.8 Å². The number of hydrogen-bond donors (Lipinski definition) is 0. The van der Waals surface area contributed by atoms with Gasteiger partial charge in [-0.25, -0.2) is 4.79 Å². The van der Waals surface area contributed by atoms with Crippen LogP contribution in [0.4, 0.5) is 0 Å². The first-order chi connectivity index (χ1) is 8.81. The van der Waals surface area contributed by atoms with E-state index in [1.165, 1.54) is 11.8 Å². The van der Waals surface area contributed by atoms with E-state index in [1.807, 2.05) is 0 Å². The second kappa shape index (κ2) is 5.74. The lowest BCUT2D eigenvalue weighted by Crippen LogP contribution is -2.59. The Morgan fingerprint density at radius 2 is 2.11 bits per heavy atom. The summed E-state index contributed by atoms with van der Waals surface area (Å²) in [5.74, 6) is -0.600. The first-order valence-corrected chi connectivity index (χ1v) is 6.55. The normalized spacial score (nSPS) is 25.2. The Kier molecular flexibility index (Phi) is 4.74. The smallest absolute Gasteiger partial charge is 0.334 e. The van der Waals surface area contributed by atoms with E-state index in [9.17, 15) is 9.59 Å². The minimum absolute atomic E-state index is 0.159. The summed E-state index contributed by atoms with van der Waals surface area (Å²) >= 11 is 0. The average molecular weight is 269 g/mol. The van der Waals surface area contributed by atoms with Crippen LogP contribution >= 0.6 is 0 Å². The van der Waals surface area contributed by atoms with Crippen LogP contribution in [0.25, 0.3) is 0 Å². The van der Waals surface area contributed by atoms with Gasteiger partial charge in [0.15, 0.2) is 5.54 Å². The van der Waals surface area contributed by atoms with Gasteiger partial charge in [0.25, 0.3) is 0 Å². The van der Waals surface area contributed by atoms with Crippen molar-refractivity contribution in [1.82, 2.24) is 4.90 Å². The van der Waals surface area contributed by atoms with Crippen LogP contribution in [0.15, 0.2) is 12.7 Å². The Morgan fingerprint density at radius 1 is 1.47 bits per heavy atom. The fraction of sp³-hybridized carbons (Fsp3) is 0.714. The maximum atomic E-state index is 12.3. The number of allylic oxidation sites excluding steroid dienone is 1. The van der Waals surface area contributed by atoms with Crippen molar-refractivity contribution >= 4 is 11.9 Å². The second-order valence-corrected chi connectivity index (χ2v) is 5.17. The third-order valence-electron chi connectivity index (χ3n) is 3.36. The highest BCUT2D eigenvalue weighted by atomic mass is 16.6. The maximum Gasteiger partial charge on any atom is 0.334 e. The van der Waals surface area contributed by atoms with Gasteiger partial charge in [-0.1, -0.05) is 6.08 Å². The molecular formula is C14H23NO4. The summed E-state index contributed by atoms with van der Waals surface area (Å²) in [6.07, 6.45) is 2.80. The molecule has 0 aromatic carbocycles. The molecule has 1 rings (SSSR count). The summed E-state index contributed by atoms with van der Waals surface area (Å²) in [4.78, 5) is 25.8. The van der Waals surface area contributed by atoms with E-state index in [0.29, 0.717) is 12.8 Å². The standard InChI is InChI=1S/C14H23NO4/c1-6-8-9-14(12(17)18-7-2)10-19-13(4,5)15(14)11(3)16/h6H,1,7-10H2,2-5H3. The Morgan fingerprint density at radius 3 is 2.58 bits per heavy atom. The van der Waals surface area contributed by atoms with Crippen LogP contribution < -0.4 is 0 Å². The molecule has 1 heterocycles. The van der Waals surface area contributed by atoms with E-state index in [1.54, 1.807) is 26.8 Å². The zero-order valence-corrected chi connectivity index (χ0v) is 12.2. The minimum atomic E-state index is -1.04. The Bertz CT molecular complexity index is 378. The molecule has 19 heavy (non-hydrogen) atoms. The van der Waals surface area contributed by atoms with Gasteiger partial charge in [-0.15, -0.1) is 6.58 Å². The lowest BCUT2D eigenvalue weighted by atomic mass is 9.91. The molecular weight excluding hydrogens is 246 g/mol.